The third kappa shape index (κ3) is 3.64. The lowest BCUT2D eigenvalue weighted by atomic mass is 10.3. The fourth-order valence-electron chi connectivity index (χ4n) is 1.50. The summed E-state index contributed by atoms with van der Waals surface area (Å²) < 4.78 is 0. The summed E-state index contributed by atoms with van der Waals surface area (Å²) in [5, 5.41) is 12.0. The maximum Gasteiger partial charge on any atom is 0.129 e. The Morgan fingerprint density at radius 2 is 2.38 bits per heavy atom. The number of nitrogens with zero attached hydrogens (tertiary/aromatic N) is 2. The highest BCUT2D eigenvalue weighted by Crippen LogP contribution is 2.11. The van der Waals surface area contributed by atoms with E-state index in [1.54, 1.807) is 0 Å². The zero-order valence-electron chi connectivity index (χ0n) is 9.69. The van der Waals surface area contributed by atoms with Crippen molar-refractivity contribution in [1.29, 1.82) is 0 Å². The van der Waals surface area contributed by atoms with E-state index in [9.17, 15) is 0 Å². The molecule has 4 nitrogen and oxygen atoms in total. The highest BCUT2D eigenvalue weighted by atomic mass is 16.3. The number of aliphatic hydroxyl groups excluding tert-OH is 1. The predicted molar refractivity (Wildman–Crippen MR) is 66.5 cm³/mol. The Kier molecular flexibility index (Phi) is 5.53. The highest BCUT2D eigenvalue weighted by molar-refractivity contribution is 5.40. The van der Waals surface area contributed by atoms with E-state index in [-0.39, 0.29) is 6.61 Å². The minimum absolute atomic E-state index is 0.117. The monoisotopic (exact) mass is 221 g/mol. The number of nitrogens with one attached hydrogen (secondary N) is 1. The maximum absolute atomic E-state index is 8.98. The number of hydrogen-bond donors (Lipinski definition) is 2. The van der Waals surface area contributed by atoms with Crippen LogP contribution in [0.3, 0.4) is 0 Å². The second-order valence-corrected chi connectivity index (χ2v) is 3.48. The molecule has 1 aromatic rings. The van der Waals surface area contributed by atoms with Gasteiger partial charge in [-0.25, -0.2) is 4.98 Å². The Labute approximate surface area is 96.6 Å². The average molecular weight is 221 g/mol. The van der Waals surface area contributed by atoms with Gasteiger partial charge in [-0.1, -0.05) is 12.1 Å². The predicted octanol–water partition coefficient (Wildman–Crippen LogP) is 0.786. The summed E-state index contributed by atoms with van der Waals surface area (Å²) in [6, 6.07) is 5.89. The molecule has 0 aliphatic carbocycles. The Bertz CT molecular complexity index is 328. The molecule has 0 aromatic carbocycles. The normalized spacial score (nSPS) is 10.1. The number of aliphatic hydroxyl groups is 1. The molecule has 0 saturated heterocycles. The molecular formula is C12H19N3O. The van der Waals surface area contributed by atoms with Crippen molar-refractivity contribution in [2.45, 2.75) is 6.54 Å². The van der Waals surface area contributed by atoms with Crippen molar-refractivity contribution >= 4 is 5.82 Å². The topological polar surface area (TPSA) is 48.4 Å². The van der Waals surface area contributed by atoms with Crippen LogP contribution in [-0.4, -0.2) is 36.8 Å². The lowest BCUT2D eigenvalue weighted by molar-refractivity contribution is 0.302. The molecule has 0 bridgehead atoms. The van der Waals surface area contributed by atoms with Crippen molar-refractivity contribution in [3.8, 4) is 0 Å². The molecule has 0 saturated carbocycles. The third-order valence-electron chi connectivity index (χ3n) is 2.19. The first-order valence-electron chi connectivity index (χ1n) is 5.39. The third-order valence-corrected chi connectivity index (χ3v) is 2.19. The average Bonchev–Trinajstić information content (AvgIpc) is 2.30. The Balaban J connectivity index is 2.81. The largest absolute Gasteiger partial charge is 0.395 e. The van der Waals surface area contributed by atoms with E-state index in [2.05, 4.69) is 16.9 Å². The fourth-order valence-corrected chi connectivity index (χ4v) is 1.50. The number of pyridine rings is 1. The molecule has 4 heteroatoms. The minimum atomic E-state index is 0.117. The number of aromatic nitrogens is 1. The van der Waals surface area contributed by atoms with E-state index in [1.165, 1.54) is 0 Å². The van der Waals surface area contributed by atoms with Crippen LogP contribution >= 0.6 is 0 Å². The first kappa shape index (κ1) is 12.7. The summed E-state index contributed by atoms with van der Waals surface area (Å²) >= 11 is 0. The Hall–Kier alpha value is -1.39. The van der Waals surface area contributed by atoms with Gasteiger partial charge in [0.05, 0.1) is 12.3 Å². The van der Waals surface area contributed by atoms with Crippen LogP contribution in [0.1, 0.15) is 5.69 Å². The number of rotatable bonds is 7. The molecule has 0 aliphatic heterocycles. The van der Waals surface area contributed by atoms with Crippen molar-refractivity contribution < 1.29 is 5.11 Å². The van der Waals surface area contributed by atoms with Crippen LogP contribution < -0.4 is 10.2 Å². The summed E-state index contributed by atoms with van der Waals surface area (Å²) in [7, 11) is 1.89. The molecule has 88 valence electrons. The van der Waals surface area contributed by atoms with Gasteiger partial charge in [-0.2, -0.15) is 0 Å². The molecule has 0 atom stereocenters. The molecule has 0 aliphatic rings. The van der Waals surface area contributed by atoms with Crippen molar-refractivity contribution in [2.75, 3.05) is 31.6 Å². The first-order valence-corrected chi connectivity index (χ1v) is 5.39. The van der Waals surface area contributed by atoms with Gasteiger partial charge in [-0.15, -0.1) is 6.58 Å². The summed E-state index contributed by atoms with van der Waals surface area (Å²) in [5.41, 5.74) is 0.993. The molecule has 1 aromatic heterocycles. The molecule has 1 heterocycles. The SMILES string of the molecule is C=CCN(CCO)c1cccc(CNC)n1. The van der Waals surface area contributed by atoms with E-state index in [1.807, 2.05) is 36.2 Å². The summed E-state index contributed by atoms with van der Waals surface area (Å²) in [5.74, 6) is 0.877. The van der Waals surface area contributed by atoms with Gasteiger partial charge in [0.25, 0.3) is 0 Å². The number of hydrogen-bond acceptors (Lipinski definition) is 4. The molecule has 0 fully saturated rings. The van der Waals surface area contributed by atoms with E-state index < -0.39 is 0 Å². The van der Waals surface area contributed by atoms with Gasteiger partial charge in [0.1, 0.15) is 5.82 Å². The van der Waals surface area contributed by atoms with Crippen molar-refractivity contribution in [2.24, 2.45) is 0 Å². The Morgan fingerprint density at radius 1 is 1.56 bits per heavy atom. The number of anilines is 1. The van der Waals surface area contributed by atoms with E-state index in [4.69, 9.17) is 5.11 Å². The lowest BCUT2D eigenvalue weighted by Crippen LogP contribution is -2.27. The summed E-state index contributed by atoms with van der Waals surface area (Å²) in [4.78, 5) is 6.50. The quantitative estimate of drug-likeness (QED) is 0.668. The molecule has 0 amide bonds. The van der Waals surface area contributed by atoms with E-state index in [0.29, 0.717) is 13.1 Å². The van der Waals surface area contributed by atoms with E-state index in [0.717, 1.165) is 18.1 Å². The van der Waals surface area contributed by atoms with Crippen molar-refractivity contribution in [3.63, 3.8) is 0 Å². The maximum atomic E-state index is 8.98. The van der Waals surface area contributed by atoms with Crippen LogP contribution in [0, 0.1) is 0 Å². The highest BCUT2D eigenvalue weighted by Gasteiger charge is 2.05. The molecule has 1 rings (SSSR count). The lowest BCUT2D eigenvalue weighted by Gasteiger charge is -2.21. The zero-order valence-corrected chi connectivity index (χ0v) is 9.69. The first-order chi connectivity index (χ1) is 7.81. The van der Waals surface area contributed by atoms with E-state index >= 15 is 0 Å². The van der Waals surface area contributed by atoms with Crippen molar-refractivity contribution in [1.82, 2.24) is 10.3 Å². The van der Waals surface area contributed by atoms with Gasteiger partial charge in [0.2, 0.25) is 0 Å². The van der Waals surface area contributed by atoms with Gasteiger partial charge in [-0.05, 0) is 19.2 Å². The van der Waals surface area contributed by atoms with Gasteiger partial charge >= 0.3 is 0 Å². The summed E-state index contributed by atoms with van der Waals surface area (Å²) in [6.45, 7) is 5.83. The minimum Gasteiger partial charge on any atom is -0.395 e. The molecule has 16 heavy (non-hydrogen) atoms. The van der Waals surface area contributed by atoms with Gasteiger partial charge < -0.3 is 15.3 Å². The van der Waals surface area contributed by atoms with Crippen LogP contribution in [0.4, 0.5) is 5.82 Å². The molecule has 0 unspecified atom stereocenters. The standard InChI is InChI=1S/C12H19N3O/c1-3-7-15(8-9-16)12-6-4-5-11(14-12)10-13-2/h3-6,13,16H,1,7-10H2,2H3. The van der Waals surface area contributed by atoms with Crippen LogP contribution in [0.25, 0.3) is 0 Å². The molecule has 2 N–H and O–H groups in total. The van der Waals surface area contributed by atoms with Crippen LogP contribution in [0.2, 0.25) is 0 Å². The van der Waals surface area contributed by atoms with Gasteiger partial charge in [-0.3, -0.25) is 0 Å². The second kappa shape index (κ2) is 6.98. The Morgan fingerprint density at radius 3 is 3.00 bits per heavy atom. The van der Waals surface area contributed by atoms with Crippen LogP contribution in [0.5, 0.6) is 0 Å². The molecule has 0 spiro atoms. The van der Waals surface area contributed by atoms with Crippen molar-refractivity contribution in [3.05, 3.63) is 36.5 Å². The van der Waals surface area contributed by atoms with Crippen LogP contribution in [0.15, 0.2) is 30.9 Å². The fraction of sp³-hybridized carbons (Fsp3) is 0.417. The van der Waals surface area contributed by atoms with Gasteiger partial charge in [0.15, 0.2) is 0 Å². The second-order valence-electron chi connectivity index (χ2n) is 3.48. The zero-order chi connectivity index (χ0) is 11.8. The smallest absolute Gasteiger partial charge is 0.129 e. The van der Waals surface area contributed by atoms with Crippen LogP contribution in [-0.2, 0) is 6.54 Å². The summed E-state index contributed by atoms with van der Waals surface area (Å²) in [6.07, 6.45) is 1.81. The molecule has 0 radical (unpaired) electrons. The molecular weight excluding hydrogens is 202 g/mol. The van der Waals surface area contributed by atoms with Gasteiger partial charge in [0, 0.05) is 19.6 Å².